The van der Waals surface area contributed by atoms with Gasteiger partial charge in [0.2, 0.25) is 0 Å². The van der Waals surface area contributed by atoms with Crippen LogP contribution in [0.15, 0.2) is 18.2 Å². The Morgan fingerprint density at radius 1 is 1.27 bits per heavy atom. The Labute approximate surface area is 132 Å². The van der Waals surface area contributed by atoms with Crippen molar-refractivity contribution in [1.29, 1.82) is 0 Å². The molecule has 1 fully saturated rings. The number of aromatic nitrogens is 2. The minimum absolute atomic E-state index is 0.187. The number of imidazole rings is 1. The molecule has 2 aromatic rings. The van der Waals surface area contributed by atoms with Crippen LogP contribution in [0, 0.1) is 0 Å². The highest BCUT2D eigenvalue weighted by Crippen LogP contribution is 2.31. The molecule has 1 aliphatic rings. The molecule has 1 N–H and O–H groups in total. The van der Waals surface area contributed by atoms with Gasteiger partial charge in [0, 0.05) is 24.6 Å². The van der Waals surface area contributed by atoms with Crippen LogP contribution in [0.5, 0.6) is 5.75 Å². The molecule has 0 radical (unpaired) electrons. The number of nitrogens with zero attached hydrogens (tertiary/aromatic N) is 2. The van der Waals surface area contributed by atoms with Gasteiger partial charge in [-0.2, -0.15) is 0 Å². The lowest BCUT2D eigenvalue weighted by atomic mass is 9.98. The maximum Gasteiger partial charge on any atom is 0.121 e. The average Bonchev–Trinajstić information content (AvgIpc) is 2.86. The number of hydrogen-bond donors (Lipinski definition) is 1. The highest BCUT2D eigenvalue weighted by atomic mass is 16.5. The molecule has 0 spiro atoms. The normalized spacial score (nSPS) is 19.3. The summed E-state index contributed by atoms with van der Waals surface area (Å²) in [7, 11) is 0. The number of fused-ring (bicyclic) bond motifs is 1. The minimum atomic E-state index is 0.187. The molecule has 1 unspecified atom stereocenters. The number of hydrogen-bond acceptors (Lipinski definition) is 3. The summed E-state index contributed by atoms with van der Waals surface area (Å²) < 4.78 is 8.21. The number of nitrogens with one attached hydrogen (secondary N) is 1. The van der Waals surface area contributed by atoms with Crippen LogP contribution in [0.2, 0.25) is 0 Å². The molecule has 1 aromatic carbocycles. The summed E-state index contributed by atoms with van der Waals surface area (Å²) in [6.07, 6.45) is 2.64. The molecule has 4 heteroatoms. The molecule has 0 amide bonds. The van der Waals surface area contributed by atoms with Gasteiger partial charge in [0.1, 0.15) is 11.6 Å². The van der Waals surface area contributed by atoms with Gasteiger partial charge in [-0.05, 0) is 59.2 Å². The maximum atomic E-state index is 5.82. The van der Waals surface area contributed by atoms with Crippen molar-refractivity contribution in [3.63, 3.8) is 0 Å². The van der Waals surface area contributed by atoms with Crippen LogP contribution in [0.25, 0.3) is 11.0 Å². The second-order valence-corrected chi connectivity index (χ2v) is 6.79. The van der Waals surface area contributed by atoms with Crippen LogP contribution in [0.1, 0.15) is 58.3 Å². The number of benzene rings is 1. The molecule has 0 bridgehead atoms. The predicted octanol–water partition coefficient (Wildman–Crippen LogP) is 3.87. The molecule has 1 aliphatic heterocycles. The standard InChI is InChI=1S/C18H27N3O/c1-12(2)21-17-8-7-15(22-13(3)4)10-16(17)20-18(21)14-6-5-9-19-11-14/h7-8,10,12-14,19H,5-6,9,11H2,1-4H3. The topological polar surface area (TPSA) is 39.1 Å². The van der Waals surface area contributed by atoms with Crippen LogP contribution in [0.3, 0.4) is 0 Å². The average molecular weight is 301 g/mol. The molecule has 1 atom stereocenters. The first-order valence-electron chi connectivity index (χ1n) is 8.45. The van der Waals surface area contributed by atoms with Gasteiger partial charge in [-0.25, -0.2) is 4.98 Å². The van der Waals surface area contributed by atoms with Gasteiger partial charge in [0.25, 0.3) is 0 Å². The highest BCUT2D eigenvalue weighted by molar-refractivity contribution is 5.78. The van der Waals surface area contributed by atoms with Crippen molar-refractivity contribution < 1.29 is 4.74 Å². The van der Waals surface area contributed by atoms with Crippen LogP contribution in [0.4, 0.5) is 0 Å². The van der Waals surface area contributed by atoms with E-state index >= 15 is 0 Å². The van der Waals surface area contributed by atoms with E-state index in [1.54, 1.807) is 0 Å². The van der Waals surface area contributed by atoms with Crippen molar-refractivity contribution in [2.24, 2.45) is 0 Å². The van der Waals surface area contributed by atoms with Crippen LogP contribution in [-0.4, -0.2) is 28.7 Å². The quantitative estimate of drug-likeness (QED) is 0.931. The molecule has 1 saturated heterocycles. The van der Waals surface area contributed by atoms with Gasteiger partial charge < -0.3 is 14.6 Å². The van der Waals surface area contributed by atoms with Crippen LogP contribution >= 0.6 is 0 Å². The first kappa shape index (κ1) is 15.3. The molecular formula is C18H27N3O. The van der Waals surface area contributed by atoms with E-state index in [0.29, 0.717) is 12.0 Å². The van der Waals surface area contributed by atoms with Gasteiger partial charge in [-0.15, -0.1) is 0 Å². The van der Waals surface area contributed by atoms with Gasteiger partial charge in [-0.1, -0.05) is 0 Å². The highest BCUT2D eigenvalue weighted by Gasteiger charge is 2.23. The van der Waals surface area contributed by atoms with E-state index < -0.39 is 0 Å². The predicted molar refractivity (Wildman–Crippen MR) is 90.7 cm³/mol. The Hall–Kier alpha value is -1.55. The van der Waals surface area contributed by atoms with Crippen LogP contribution in [-0.2, 0) is 0 Å². The van der Waals surface area contributed by atoms with E-state index in [9.17, 15) is 0 Å². The molecule has 0 saturated carbocycles. The molecule has 120 valence electrons. The molecule has 0 aliphatic carbocycles. The van der Waals surface area contributed by atoms with Crippen molar-refractivity contribution in [3.8, 4) is 5.75 Å². The number of rotatable bonds is 4. The summed E-state index contributed by atoms with van der Waals surface area (Å²) in [4.78, 5) is 4.97. The van der Waals surface area contributed by atoms with E-state index in [1.165, 1.54) is 24.2 Å². The van der Waals surface area contributed by atoms with Crippen LogP contribution < -0.4 is 10.1 Å². The fraction of sp³-hybridized carbons (Fsp3) is 0.611. The second-order valence-electron chi connectivity index (χ2n) is 6.79. The third-order valence-corrected chi connectivity index (χ3v) is 4.24. The Morgan fingerprint density at radius 3 is 2.73 bits per heavy atom. The third-order valence-electron chi connectivity index (χ3n) is 4.24. The molecule has 4 nitrogen and oxygen atoms in total. The third kappa shape index (κ3) is 2.98. The zero-order chi connectivity index (χ0) is 15.7. The van der Waals surface area contributed by atoms with Crippen molar-refractivity contribution in [2.45, 2.75) is 58.6 Å². The molecular weight excluding hydrogens is 274 g/mol. The van der Waals surface area contributed by atoms with Gasteiger partial charge in [0.15, 0.2) is 0 Å². The van der Waals surface area contributed by atoms with Gasteiger partial charge >= 0.3 is 0 Å². The van der Waals surface area contributed by atoms with E-state index in [-0.39, 0.29) is 6.10 Å². The zero-order valence-corrected chi connectivity index (χ0v) is 14.1. The fourth-order valence-electron chi connectivity index (χ4n) is 3.35. The van der Waals surface area contributed by atoms with E-state index in [4.69, 9.17) is 9.72 Å². The largest absolute Gasteiger partial charge is 0.491 e. The summed E-state index contributed by atoms with van der Waals surface area (Å²) in [5.74, 6) is 2.64. The Morgan fingerprint density at radius 2 is 2.09 bits per heavy atom. The second kappa shape index (κ2) is 6.29. The van der Waals surface area contributed by atoms with Crippen molar-refractivity contribution in [2.75, 3.05) is 13.1 Å². The SMILES string of the molecule is CC(C)Oc1ccc2c(c1)nc(C1CCCNC1)n2C(C)C. The van der Waals surface area contributed by atoms with Crippen molar-refractivity contribution in [1.82, 2.24) is 14.9 Å². The van der Waals surface area contributed by atoms with Crippen molar-refractivity contribution >= 4 is 11.0 Å². The number of piperidine rings is 1. The van der Waals surface area contributed by atoms with E-state index in [0.717, 1.165) is 24.4 Å². The number of ether oxygens (including phenoxy) is 1. The van der Waals surface area contributed by atoms with Crippen molar-refractivity contribution in [3.05, 3.63) is 24.0 Å². The lowest BCUT2D eigenvalue weighted by Crippen LogP contribution is -2.30. The van der Waals surface area contributed by atoms with Gasteiger partial charge in [-0.3, -0.25) is 0 Å². The molecule has 22 heavy (non-hydrogen) atoms. The summed E-state index contributed by atoms with van der Waals surface area (Å²) >= 11 is 0. The lowest BCUT2D eigenvalue weighted by Gasteiger charge is -2.24. The first-order valence-corrected chi connectivity index (χ1v) is 8.45. The van der Waals surface area contributed by atoms with E-state index in [1.807, 2.05) is 0 Å². The lowest BCUT2D eigenvalue weighted by molar-refractivity contribution is 0.242. The summed E-state index contributed by atoms with van der Waals surface area (Å²) in [5.41, 5.74) is 2.26. The minimum Gasteiger partial charge on any atom is -0.491 e. The first-order chi connectivity index (χ1) is 10.6. The Balaban J connectivity index is 2.04. The summed E-state index contributed by atoms with van der Waals surface area (Å²) in [5, 5.41) is 3.50. The Kier molecular flexibility index (Phi) is 4.39. The molecule has 2 heterocycles. The smallest absolute Gasteiger partial charge is 0.121 e. The molecule has 1 aromatic heterocycles. The van der Waals surface area contributed by atoms with E-state index in [2.05, 4.69) is 55.8 Å². The fourth-order valence-corrected chi connectivity index (χ4v) is 3.35. The summed E-state index contributed by atoms with van der Waals surface area (Å²) in [6.45, 7) is 10.7. The molecule has 3 rings (SSSR count). The maximum absolute atomic E-state index is 5.82. The monoisotopic (exact) mass is 301 g/mol. The summed E-state index contributed by atoms with van der Waals surface area (Å²) in [6, 6.07) is 6.71. The zero-order valence-electron chi connectivity index (χ0n) is 14.1. The Bertz CT molecular complexity index is 639. The van der Waals surface area contributed by atoms with Gasteiger partial charge in [0.05, 0.1) is 17.1 Å².